The number of nitrogens with zero attached hydrogens (tertiary/aromatic N) is 3. The van der Waals surface area contributed by atoms with Crippen molar-refractivity contribution in [3.05, 3.63) is 100 Å². The molecule has 3 N–H and O–H groups in total. The summed E-state index contributed by atoms with van der Waals surface area (Å²) in [6.07, 6.45) is 2.22. The van der Waals surface area contributed by atoms with Crippen LogP contribution in [-0.4, -0.2) is 24.8 Å². The Bertz CT molecular complexity index is 1590. The zero-order valence-electron chi connectivity index (χ0n) is 19.1. The highest BCUT2D eigenvalue weighted by Gasteiger charge is 2.27. The predicted molar refractivity (Wildman–Crippen MR) is 134 cm³/mol. The SMILES string of the molecule is Cc1cccc2c1c(Cn1c(=O)n([C@@H](Cc3ccccc3)C(=O)O)c3cc(N)ccc31)cn2C. The number of imidazole rings is 1. The topological polar surface area (TPSA) is 95.2 Å². The first-order chi connectivity index (χ1) is 16.3. The highest BCUT2D eigenvalue weighted by Crippen LogP contribution is 2.27. The molecule has 0 saturated carbocycles. The van der Waals surface area contributed by atoms with Crippen LogP contribution in [0.25, 0.3) is 21.9 Å². The van der Waals surface area contributed by atoms with E-state index in [1.165, 1.54) is 4.57 Å². The Hall–Kier alpha value is -4.26. The van der Waals surface area contributed by atoms with Gasteiger partial charge in [0.05, 0.1) is 17.6 Å². The lowest BCUT2D eigenvalue weighted by atomic mass is 10.1. The third-order valence-corrected chi connectivity index (χ3v) is 6.49. The molecule has 34 heavy (non-hydrogen) atoms. The number of anilines is 1. The third-order valence-electron chi connectivity index (χ3n) is 6.49. The van der Waals surface area contributed by atoms with Crippen LogP contribution in [0.3, 0.4) is 0 Å². The molecule has 2 aromatic heterocycles. The van der Waals surface area contributed by atoms with Gasteiger partial charge in [-0.15, -0.1) is 0 Å². The van der Waals surface area contributed by atoms with E-state index in [-0.39, 0.29) is 12.1 Å². The number of hydrogen-bond donors (Lipinski definition) is 2. The van der Waals surface area contributed by atoms with E-state index in [1.807, 2.05) is 49.6 Å². The van der Waals surface area contributed by atoms with E-state index in [0.29, 0.717) is 23.3 Å². The molecule has 172 valence electrons. The highest BCUT2D eigenvalue weighted by molar-refractivity contribution is 5.88. The molecular formula is C27H26N4O3. The number of aromatic nitrogens is 3. The normalized spacial score (nSPS) is 12.4. The van der Waals surface area contributed by atoms with Gasteiger partial charge in [0.25, 0.3) is 0 Å². The molecule has 3 aromatic carbocycles. The number of fused-ring (bicyclic) bond motifs is 2. The molecule has 1 atom stereocenters. The van der Waals surface area contributed by atoms with E-state index in [2.05, 4.69) is 23.6 Å². The number of carboxylic acid groups (broad SMARTS) is 1. The largest absolute Gasteiger partial charge is 0.480 e. The molecular weight excluding hydrogens is 428 g/mol. The minimum atomic E-state index is -1.06. The fourth-order valence-corrected chi connectivity index (χ4v) is 4.90. The Balaban J connectivity index is 1.70. The maximum Gasteiger partial charge on any atom is 0.330 e. The molecule has 7 nitrogen and oxygen atoms in total. The van der Waals surface area contributed by atoms with Crippen molar-refractivity contribution in [3.8, 4) is 0 Å². The Morgan fingerprint density at radius 2 is 1.76 bits per heavy atom. The van der Waals surface area contributed by atoms with Crippen LogP contribution in [0.5, 0.6) is 0 Å². The molecule has 0 radical (unpaired) electrons. The van der Waals surface area contributed by atoms with Crippen LogP contribution >= 0.6 is 0 Å². The summed E-state index contributed by atoms with van der Waals surface area (Å²) < 4.78 is 5.07. The molecule has 5 rings (SSSR count). The van der Waals surface area contributed by atoms with Crippen molar-refractivity contribution < 1.29 is 9.90 Å². The summed E-state index contributed by atoms with van der Waals surface area (Å²) in [6, 6.07) is 19.6. The van der Waals surface area contributed by atoms with Crippen LogP contribution in [0.1, 0.15) is 22.7 Å². The molecule has 0 fully saturated rings. The van der Waals surface area contributed by atoms with Crippen molar-refractivity contribution in [1.82, 2.24) is 13.7 Å². The van der Waals surface area contributed by atoms with Gasteiger partial charge in [-0.25, -0.2) is 9.59 Å². The number of rotatable bonds is 6. The van der Waals surface area contributed by atoms with Crippen molar-refractivity contribution in [1.29, 1.82) is 0 Å². The van der Waals surface area contributed by atoms with Gasteiger partial charge >= 0.3 is 11.7 Å². The molecule has 5 aromatic rings. The van der Waals surface area contributed by atoms with Gasteiger partial charge in [0.15, 0.2) is 0 Å². The monoisotopic (exact) mass is 454 g/mol. The van der Waals surface area contributed by atoms with Crippen molar-refractivity contribution >= 4 is 33.6 Å². The number of hydrogen-bond acceptors (Lipinski definition) is 3. The van der Waals surface area contributed by atoms with Gasteiger partial charge in [-0.05, 0) is 47.9 Å². The van der Waals surface area contributed by atoms with Gasteiger partial charge in [0.2, 0.25) is 0 Å². The second-order valence-electron chi connectivity index (χ2n) is 8.76. The number of aryl methyl sites for hydroxylation is 2. The summed E-state index contributed by atoms with van der Waals surface area (Å²) in [5.74, 6) is -1.06. The molecule has 0 aliphatic carbocycles. The number of aliphatic carboxylic acids is 1. The summed E-state index contributed by atoms with van der Waals surface area (Å²) in [6.45, 7) is 2.38. The maximum absolute atomic E-state index is 13.8. The van der Waals surface area contributed by atoms with Crippen molar-refractivity contribution in [2.75, 3.05) is 5.73 Å². The molecule has 2 heterocycles. The quantitative estimate of drug-likeness (QED) is 0.378. The Morgan fingerprint density at radius 3 is 2.50 bits per heavy atom. The maximum atomic E-state index is 13.8. The fraction of sp³-hybridized carbons (Fsp3) is 0.185. The van der Waals surface area contributed by atoms with Crippen LogP contribution in [0.15, 0.2) is 77.7 Å². The highest BCUT2D eigenvalue weighted by atomic mass is 16.4. The zero-order valence-corrected chi connectivity index (χ0v) is 19.1. The Morgan fingerprint density at radius 1 is 1.00 bits per heavy atom. The lowest BCUT2D eigenvalue weighted by Gasteiger charge is -2.14. The molecule has 0 aliphatic rings. The van der Waals surface area contributed by atoms with E-state index in [4.69, 9.17) is 5.73 Å². The van der Waals surface area contributed by atoms with Crippen LogP contribution in [0, 0.1) is 6.92 Å². The second-order valence-corrected chi connectivity index (χ2v) is 8.76. The minimum Gasteiger partial charge on any atom is -0.480 e. The van der Waals surface area contributed by atoms with Gasteiger partial charge in [-0.3, -0.25) is 9.13 Å². The van der Waals surface area contributed by atoms with E-state index in [9.17, 15) is 14.7 Å². The second kappa shape index (κ2) is 8.26. The number of nitrogens with two attached hydrogens (primary N) is 1. The third kappa shape index (κ3) is 3.55. The molecule has 0 spiro atoms. The standard InChI is InChI=1S/C27H26N4O3/c1-17-7-6-10-22-25(17)19(15-29(22)2)16-30-21-12-11-20(28)14-23(21)31(27(30)34)24(26(32)33)13-18-8-4-3-5-9-18/h3-12,14-15,24H,13,16,28H2,1-2H3,(H,32,33)/t24-/m0/s1. The van der Waals surface area contributed by atoms with E-state index >= 15 is 0 Å². The molecule has 0 amide bonds. The fourth-order valence-electron chi connectivity index (χ4n) is 4.90. The van der Waals surface area contributed by atoms with Crippen molar-refractivity contribution in [2.24, 2.45) is 7.05 Å². The summed E-state index contributed by atoms with van der Waals surface area (Å²) in [7, 11) is 1.98. The van der Waals surface area contributed by atoms with Gasteiger partial charge in [-0.1, -0.05) is 42.5 Å². The number of nitrogen functional groups attached to an aromatic ring is 1. The molecule has 7 heteroatoms. The van der Waals surface area contributed by atoms with Crippen molar-refractivity contribution in [3.63, 3.8) is 0 Å². The van der Waals surface area contributed by atoms with E-state index in [1.54, 1.807) is 22.8 Å². The zero-order chi connectivity index (χ0) is 24.0. The van der Waals surface area contributed by atoms with Crippen molar-refractivity contribution in [2.45, 2.75) is 25.9 Å². The number of carbonyl (C=O) groups is 1. The lowest BCUT2D eigenvalue weighted by molar-refractivity contribution is -0.140. The first kappa shape index (κ1) is 21.6. The predicted octanol–water partition coefficient (Wildman–Crippen LogP) is 4.10. The smallest absolute Gasteiger partial charge is 0.330 e. The Labute approximate surface area is 196 Å². The van der Waals surface area contributed by atoms with Crippen LogP contribution < -0.4 is 11.4 Å². The van der Waals surface area contributed by atoms with Gasteiger partial charge in [0, 0.05) is 36.3 Å². The molecule has 0 unspecified atom stereocenters. The first-order valence-electron chi connectivity index (χ1n) is 11.2. The molecule has 0 aliphatic heterocycles. The summed E-state index contributed by atoms with van der Waals surface area (Å²) in [5, 5.41) is 11.2. The van der Waals surface area contributed by atoms with Gasteiger partial charge in [-0.2, -0.15) is 0 Å². The van der Waals surface area contributed by atoms with Crippen LogP contribution in [-0.2, 0) is 24.8 Å². The number of benzene rings is 3. The van der Waals surface area contributed by atoms with Crippen LogP contribution in [0.2, 0.25) is 0 Å². The summed E-state index contributed by atoms with van der Waals surface area (Å²) in [5.41, 5.74) is 11.4. The summed E-state index contributed by atoms with van der Waals surface area (Å²) >= 11 is 0. The van der Waals surface area contributed by atoms with Gasteiger partial charge in [0.1, 0.15) is 6.04 Å². The molecule has 0 saturated heterocycles. The molecule has 0 bridgehead atoms. The lowest BCUT2D eigenvalue weighted by Crippen LogP contribution is -2.32. The first-order valence-corrected chi connectivity index (χ1v) is 11.2. The van der Waals surface area contributed by atoms with Gasteiger partial charge < -0.3 is 15.4 Å². The summed E-state index contributed by atoms with van der Waals surface area (Å²) in [4.78, 5) is 26.2. The average molecular weight is 455 g/mol. The van der Waals surface area contributed by atoms with E-state index < -0.39 is 12.0 Å². The minimum absolute atomic E-state index is 0.192. The van der Waals surface area contributed by atoms with Crippen LogP contribution in [0.4, 0.5) is 5.69 Å². The van der Waals surface area contributed by atoms with E-state index in [0.717, 1.165) is 27.6 Å². The average Bonchev–Trinajstić information content (AvgIpc) is 3.27. The number of carboxylic acids is 1. The Kier molecular flexibility index (Phi) is 5.24.